The van der Waals surface area contributed by atoms with Crippen molar-refractivity contribution >= 4 is 21.6 Å². The Balaban J connectivity index is 1.57. The zero-order valence-electron chi connectivity index (χ0n) is 19.2. The highest BCUT2D eigenvalue weighted by atomic mass is 32.2. The Morgan fingerprint density at radius 1 is 0.939 bits per heavy atom. The van der Waals surface area contributed by atoms with Crippen LogP contribution in [0.25, 0.3) is 0 Å². The summed E-state index contributed by atoms with van der Waals surface area (Å²) in [6.45, 7) is 6.54. The van der Waals surface area contributed by atoms with Gasteiger partial charge >= 0.3 is 0 Å². The van der Waals surface area contributed by atoms with Crippen molar-refractivity contribution in [1.82, 2.24) is 5.32 Å². The highest BCUT2D eigenvalue weighted by Gasteiger charge is 2.19. The summed E-state index contributed by atoms with van der Waals surface area (Å²) in [5.74, 6) is -0.309. The Kier molecular flexibility index (Phi) is 8.25. The van der Waals surface area contributed by atoms with Crippen molar-refractivity contribution in [3.05, 3.63) is 95.1 Å². The number of amides is 1. The van der Waals surface area contributed by atoms with E-state index in [9.17, 15) is 13.2 Å². The maximum atomic E-state index is 12.9. The molecule has 0 saturated heterocycles. The van der Waals surface area contributed by atoms with E-state index < -0.39 is 10.0 Å². The van der Waals surface area contributed by atoms with Crippen LogP contribution in [0.1, 0.15) is 46.5 Å². The van der Waals surface area contributed by atoms with Crippen molar-refractivity contribution < 1.29 is 17.9 Å². The fourth-order valence-corrected chi connectivity index (χ4v) is 4.51. The summed E-state index contributed by atoms with van der Waals surface area (Å²) >= 11 is 0. The van der Waals surface area contributed by atoms with E-state index >= 15 is 0 Å². The highest BCUT2D eigenvalue weighted by molar-refractivity contribution is 7.92. The fraction of sp³-hybridized carbons (Fsp3) is 0.269. The van der Waals surface area contributed by atoms with Gasteiger partial charge in [0.1, 0.15) is 0 Å². The summed E-state index contributed by atoms with van der Waals surface area (Å²) in [4.78, 5) is 12.8. The minimum atomic E-state index is -3.82. The molecule has 33 heavy (non-hydrogen) atoms. The third-order valence-corrected chi connectivity index (χ3v) is 6.76. The molecule has 1 atom stereocenters. The number of ether oxygens (including phenoxy) is 1. The maximum absolute atomic E-state index is 12.9. The van der Waals surface area contributed by atoms with E-state index in [1.54, 1.807) is 25.1 Å². The lowest BCUT2D eigenvalue weighted by atomic mass is 10.1. The predicted molar refractivity (Wildman–Crippen MR) is 131 cm³/mol. The molecule has 1 amide bonds. The lowest BCUT2D eigenvalue weighted by molar-refractivity contribution is 0.0635. The van der Waals surface area contributed by atoms with E-state index in [0.29, 0.717) is 36.4 Å². The number of hydrogen-bond donors (Lipinski definition) is 2. The molecule has 3 aromatic rings. The molecule has 0 fully saturated rings. The first-order chi connectivity index (χ1) is 15.8. The molecule has 2 N–H and O–H groups in total. The Morgan fingerprint density at radius 2 is 1.64 bits per heavy atom. The number of rotatable bonds is 10. The molecular formula is C26H30N2O4S. The molecule has 0 aliphatic carbocycles. The summed E-state index contributed by atoms with van der Waals surface area (Å²) in [5.41, 5.74) is 3.47. The molecule has 0 aliphatic heterocycles. The predicted octanol–water partition coefficient (Wildman–Crippen LogP) is 5.00. The van der Waals surface area contributed by atoms with Crippen LogP contribution in [-0.4, -0.2) is 27.5 Å². The second kappa shape index (κ2) is 11.1. The number of para-hydroxylation sites is 1. The molecule has 174 valence electrons. The van der Waals surface area contributed by atoms with Gasteiger partial charge < -0.3 is 10.1 Å². The third-order valence-electron chi connectivity index (χ3n) is 5.40. The molecular weight excluding hydrogens is 436 g/mol. The summed E-state index contributed by atoms with van der Waals surface area (Å²) < 4.78 is 34.1. The summed E-state index contributed by atoms with van der Waals surface area (Å²) in [6, 6.07) is 21.7. The van der Waals surface area contributed by atoms with Gasteiger partial charge in [0, 0.05) is 18.7 Å². The summed E-state index contributed by atoms with van der Waals surface area (Å²) in [7, 11) is -3.82. The normalized spacial score (nSPS) is 12.2. The third kappa shape index (κ3) is 6.66. The van der Waals surface area contributed by atoms with Crippen LogP contribution in [0.3, 0.4) is 0 Å². The average molecular weight is 467 g/mol. The lowest BCUT2D eigenvalue weighted by Crippen LogP contribution is -2.26. The molecule has 0 bridgehead atoms. The van der Waals surface area contributed by atoms with Crippen LogP contribution in [0.4, 0.5) is 5.69 Å². The molecule has 0 heterocycles. The SMILES string of the molecule is Cc1ccccc1NS(=O)(=O)c1ccc(C)c(C(=O)NCCCOC(C)c2ccccc2)c1. The highest BCUT2D eigenvalue weighted by Crippen LogP contribution is 2.21. The number of carbonyl (C=O) groups excluding carboxylic acids is 1. The van der Waals surface area contributed by atoms with Crippen LogP contribution in [-0.2, 0) is 14.8 Å². The quantitative estimate of drug-likeness (QED) is 0.412. The maximum Gasteiger partial charge on any atom is 0.261 e. The minimum Gasteiger partial charge on any atom is -0.374 e. The molecule has 0 saturated carbocycles. The Morgan fingerprint density at radius 3 is 2.36 bits per heavy atom. The van der Waals surface area contributed by atoms with Gasteiger partial charge in [0.2, 0.25) is 0 Å². The van der Waals surface area contributed by atoms with Crippen LogP contribution in [0.15, 0.2) is 77.7 Å². The van der Waals surface area contributed by atoms with Gasteiger partial charge in [-0.2, -0.15) is 0 Å². The summed E-state index contributed by atoms with van der Waals surface area (Å²) in [6.07, 6.45) is 0.626. The number of carbonyl (C=O) groups is 1. The number of aryl methyl sites for hydroxylation is 2. The molecule has 0 aliphatic rings. The Bertz CT molecular complexity index is 1190. The smallest absolute Gasteiger partial charge is 0.261 e. The van der Waals surface area contributed by atoms with Gasteiger partial charge in [0.05, 0.1) is 16.7 Å². The van der Waals surface area contributed by atoms with Crippen LogP contribution >= 0.6 is 0 Å². The first-order valence-electron chi connectivity index (χ1n) is 10.9. The molecule has 0 aromatic heterocycles. The van der Waals surface area contributed by atoms with Gasteiger partial charge in [-0.15, -0.1) is 0 Å². The van der Waals surface area contributed by atoms with E-state index in [2.05, 4.69) is 10.0 Å². The van der Waals surface area contributed by atoms with Crippen LogP contribution in [0.2, 0.25) is 0 Å². The van der Waals surface area contributed by atoms with Crippen molar-refractivity contribution in [2.24, 2.45) is 0 Å². The van der Waals surface area contributed by atoms with Crippen LogP contribution in [0.5, 0.6) is 0 Å². The fourth-order valence-electron chi connectivity index (χ4n) is 3.35. The Hall–Kier alpha value is -3.16. The lowest BCUT2D eigenvalue weighted by Gasteiger charge is -2.14. The van der Waals surface area contributed by atoms with Gasteiger partial charge in [-0.05, 0) is 62.1 Å². The summed E-state index contributed by atoms with van der Waals surface area (Å²) in [5, 5.41) is 2.86. The van der Waals surface area contributed by atoms with Crippen molar-refractivity contribution in [1.29, 1.82) is 0 Å². The van der Waals surface area contributed by atoms with Gasteiger partial charge in [0.15, 0.2) is 0 Å². The van der Waals surface area contributed by atoms with Gasteiger partial charge in [-0.1, -0.05) is 54.6 Å². The van der Waals surface area contributed by atoms with E-state index in [0.717, 1.165) is 11.1 Å². The van der Waals surface area contributed by atoms with E-state index in [1.807, 2.05) is 56.3 Å². The number of nitrogens with one attached hydrogen (secondary N) is 2. The molecule has 6 nitrogen and oxygen atoms in total. The molecule has 0 radical (unpaired) electrons. The van der Waals surface area contributed by atoms with E-state index in [4.69, 9.17) is 4.74 Å². The number of sulfonamides is 1. The molecule has 7 heteroatoms. The van der Waals surface area contributed by atoms with Crippen molar-refractivity contribution in [3.63, 3.8) is 0 Å². The van der Waals surface area contributed by atoms with Gasteiger partial charge in [0.25, 0.3) is 15.9 Å². The zero-order chi connectivity index (χ0) is 23.8. The number of benzene rings is 3. The standard InChI is InChI=1S/C26H30N2O4S/c1-19-14-15-23(33(30,31)28-25-13-8-7-10-20(25)2)18-24(19)26(29)27-16-9-17-32-21(3)22-11-5-4-6-12-22/h4-8,10-15,18,21,28H,9,16-17H2,1-3H3,(H,27,29). The monoisotopic (exact) mass is 466 g/mol. The largest absolute Gasteiger partial charge is 0.374 e. The van der Waals surface area contributed by atoms with E-state index in [1.165, 1.54) is 12.1 Å². The Labute approximate surface area is 196 Å². The molecule has 0 spiro atoms. The number of anilines is 1. The minimum absolute atomic E-state index is 0.0215. The van der Waals surface area contributed by atoms with Crippen LogP contribution in [0, 0.1) is 13.8 Å². The average Bonchev–Trinajstić information content (AvgIpc) is 2.80. The van der Waals surface area contributed by atoms with Gasteiger partial charge in [-0.3, -0.25) is 9.52 Å². The van der Waals surface area contributed by atoms with Crippen molar-refractivity contribution in [2.45, 2.75) is 38.2 Å². The molecule has 3 rings (SSSR count). The van der Waals surface area contributed by atoms with Crippen molar-refractivity contribution in [2.75, 3.05) is 17.9 Å². The van der Waals surface area contributed by atoms with Crippen molar-refractivity contribution in [3.8, 4) is 0 Å². The van der Waals surface area contributed by atoms with E-state index in [-0.39, 0.29) is 16.9 Å². The first kappa shape index (κ1) is 24.5. The molecule has 3 aromatic carbocycles. The zero-order valence-corrected chi connectivity index (χ0v) is 20.0. The second-order valence-corrected chi connectivity index (χ2v) is 9.61. The van der Waals surface area contributed by atoms with Gasteiger partial charge in [-0.25, -0.2) is 8.42 Å². The van der Waals surface area contributed by atoms with Crippen LogP contribution < -0.4 is 10.0 Å². The molecule has 1 unspecified atom stereocenters. The first-order valence-corrected chi connectivity index (χ1v) is 12.4. The second-order valence-electron chi connectivity index (χ2n) is 7.93. The number of hydrogen-bond acceptors (Lipinski definition) is 4. The topological polar surface area (TPSA) is 84.5 Å².